The van der Waals surface area contributed by atoms with Gasteiger partial charge in [-0.25, -0.2) is 0 Å². The van der Waals surface area contributed by atoms with E-state index in [0.29, 0.717) is 17.2 Å². The summed E-state index contributed by atoms with van der Waals surface area (Å²) in [5.74, 6) is 0.211. The van der Waals surface area contributed by atoms with Gasteiger partial charge in [0.05, 0.1) is 24.8 Å². The second-order valence-electron chi connectivity index (χ2n) is 4.57. The van der Waals surface area contributed by atoms with Crippen LogP contribution in [-0.4, -0.2) is 24.3 Å². The molecule has 0 bridgehead atoms. The van der Waals surface area contributed by atoms with Gasteiger partial charge in [0.15, 0.2) is 5.11 Å². The highest BCUT2D eigenvalue weighted by Gasteiger charge is 2.15. The Labute approximate surface area is 142 Å². The lowest BCUT2D eigenvalue weighted by atomic mass is 10.2. The third kappa shape index (κ3) is 4.07. The first-order valence-corrected chi connectivity index (χ1v) is 7.09. The van der Waals surface area contributed by atoms with Gasteiger partial charge in [-0.2, -0.15) is 4.39 Å². The first kappa shape index (κ1) is 17.4. The van der Waals surface area contributed by atoms with Crippen LogP contribution >= 0.6 is 12.2 Å². The maximum absolute atomic E-state index is 13.3. The van der Waals surface area contributed by atoms with E-state index in [1.807, 2.05) is 0 Å². The zero-order chi connectivity index (χ0) is 17.7. The topological polar surface area (TPSA) is 85.7 Å². The SMILES string of the molecule is COc1ccc(OC)c(NC(=S)Nc2ccc(F)c([N+](=O)[O-])c2)c1. The number of nitrogens with one attached hydrogen (secondary N) is 2. The molecule has 7 nitrogen and oxygen atoms in total. The minimum Gasteiger partial charge on any atom is -0.497 e. The molecule has 0 unspecified atom stereocenters. The molecule has 0 spiro atoms. The summed E-state index contributed by atoms with van der Waals surface area (Å²) in [4.78, 5) is 9.96. The number of rotatable bonds is 5. The van der Waals surface area contributed by atoms with E-state index in [0.717, 1.165) is 12.1 Å². The molecule has 9 heteroatoms. The van der Waals surface area contributed by atoms with Crippen LogP contribution in [0.2, 0.25) is 0 Å². The molecule has 2 rings (SSSR count). The molecule has 0 fully saturated rings. The van der Waals surface area contributed by atoms with Gasteiger partial charge in [-0.1, -0.05) is 0 Å². The molecule has 0 aliphatic rings. The highest BCUT2D eigenvalue weighted by Crippen LogP contribution is 2.29. The zero-order valence-electron chi connectivity index (χ0n) is 12.8. The van der Waals surface area contributed by atoms with Gasteiger partial charge in [-0.3, -0.25) is 10.1 Å². The number of thiocarbonyl (C=S) groups is 1. The maximum Gasteiger partial charge on any atom is 0.306 e. The summed E-state index contributed by atoms with van der Waals surface area (Å²) >= 11 is 5.16. The molecule has 2 N–H and O–H groups in total. The number of hydrogen-bond acceptors (Lipinski definition) is 5. The number of hydrogen-bond donors (Lipinski definition) is 2. The minimum atomic E-state index is -0.918. The number of nitro benzene ring substituents is 1. The monoisotopic (exact) mass is 351 g/mol. The third-order valence-corrected chi connectivity index (χ3v) is 3.26. The second kappa shape index (κ2) is 7.55. The number of halogens is 1. The van der Waals surface area contributed by atoms with E-state index >= 15 is 0 Å². The van der Waals surface area contributed by atoms with E-state index in [9.17, 15) is 14.5 Å². The van der Waals surface area contributed by atoms with E-state index in [-0.39, 0.29) is 10.8 Å². The fourth-order valence-electron chi connectivity index (χ4n) is 1.93. The number of ether oxygens (including phenoxy) is 2. The molecule has 0 heterocycles. The van der Waals surface area contributed by atoms with Crippen molar-refractivity contribution in [2.24, 2.45) is 0 Å². The van der Waals surface area contributed by atoms with Crippen molar-refractivity contribution in [3.8, 4) is 11.5 Å². The summed E-state index contributed by atoms with van der Waals surface area (Å²) in [6.45, 7) is 0. The van der Waals surface area contributed by atoms with Gasteiger partial charge in [-0.05, 0) is 36.5 Å². The van der Waals surface area contributed by atoms with Crippen LogP contribution in [0.15, 0.2) is 36.4 Å². The van der Waals surface area contributed by atoms with Crippen LogP contribution in [-0.2, 0) is 0 Å². The fourth-order valence-corrected chi connectivity index (χ4v) is 2.15. The lowest BCUT2D eigenvalue weighted by molar-refractivity contribution is -0.387. The molecule has 0 aliphatic heterocycles. The lowest BCUT2D eigenvalue weighted by Crippen LogP contribution is -2.19. The standard InChI is InChI=1S/C15H14FN3O4S/c1-22-10-4-6-14(23-2)12(8-10)18-15(24)17-9-3-5-11(16)13(7-9)19(20)21/h3-8H,1-2H3,(H2,17,18,24). The first-order chi connectivity index (χ1) is 11.4. The predicted octanol–water partition coefficient (Wildman–Crippen LogP) is 3.56. The van der Waals surface area contributed by atoms with Gasteiger partial charge in [0.25, 0.3) is 0 Å². The molecule has 0 radical (unpaired) electrons. The molecule has 0 saturated carbocycles. The molecule has 0 saturated heterocycles. The van der Waals surface area contributed by atoms with Gasteiger partial charge in [0.1, 0.15) is 11.5 Å². The van der Waals surface area contributed by atoms with E-state index < -0.39 is 16.4 Å². The third-order valence-electron chi connectivity index (χ3n) is 3.06. The number of nitrogens with zero attached hydrogens (tertiary/aromatic N) is 1. The van der Waals surface area contributed by atoms with Crippen LogP contribution in [0.3, 0.4) is 0 Å². The van der Waals surface area contributed by atoms with E-state index in [4.69, 9.17) is 21.7 Å². The first-order valence-electron chi connectivity index (χ1n) is 6.68. The Hall–Kier alpha value is -2.94. The van der Waals surface area contributed by atoms with Crippen LogP contribution in [0.4, 0.5) is 21.5 Å². The summed E-state index contributed by atoms with van der Waals surface area (Å²) in [5, 5.41) is 16.6. The van der Waals surface area contributed by atoms with Gasteiger partial charge in [0, 0.05) is 17.8 Å². The molecule has 0 amide bonds. The fraction of sp³-hybridized carbons (Fsp3) is 0.133. The van der Waals surface area contributed by atoms with Crippen molar-refractivity contribution in [2.45, 2.75) is 0 Å². The summed E-state index contributed by atoms with van der Waals surface area (Å²) < 4.78 is 23.7. The van der Waals surface area contributed by atoms with Crippen molar-refractivity contribution in [2.75, 3.05) is 24.9 Å². The Kier molecular flexibility index (Phi) is 5.48. The van der Waals surface area contributed by atoms with Crippen molar-refractivity contribution in [3.63, 3.8) is 0 Å². The molecule has 0 aliphatic carbocycles. The van der Waals surface area contributed by atoms with Crippen LogP contribution < -0.4 is 20.1 Å². The normalized spacial score (nSPS) is 9.96. The smallest absolute Gasteiger partial charge is 0.306 e. The van der Waals surface area contributed by atoms with Gasteiger partial charge < -0.3 is 20.1 Å². The predicted molar refractivity (Wildman–Crippen MR) is 92.4 cm³/mol. The highest BCUT2D eigenvalue weighted by atomic mass is 32.1. The van der Waals surface area contributed by atoms with Crippen LogP contribution in [0.5, 0.6) is 11.5 Å². The van der Waals surface area contributed by atoms with Crippen molar-refractivity contribution < 1.29 is 18.8 Å². The molecular weight excluding hydrogens is 337 g/mol. The highest BCUT2D eigenvalue weighted by molar-refractivity contribution is 7.80. The lowest BCUT2D eigenvalue weighted by Gasteiger charge is -2.14. The number of anilines is 2. The second-order valence-corrected chi connectivity index (χ2v) is 4.98. The summed E-state index contributed by atoms with van der Waals surface area (Å²) in [6, 6.07) is 8.51. The molecule has 0 atom stereocenters. The molecule has 24 heavy (non-hydrogen) atoms. The van der Waals surface area contributed by atoms with E-state index in [1.165, 1.54) is 20.3 Å². The molecule has 0 aromatic heterocycles. The Morgan fingerprint density at radius 2 is 1.92 bits per heavy atom. The summed E-state index contributed by atoms with van der Waals surface area (Å²) in [6.07, 6.45) is 0. The Bertz CT molecular complexity index is 785. The van der Waals surface area contributed by atoms with Crippen molar-refractivity contribution >= 4 is 34.4 Å². The van der Waals surface area contributed by atoms with Crippen molar-refractivity contribution in [1.29, 1.82) is 0 Å². The Balaban J connectivity index is 2.17. The molecule has 2 aromatic carbocycles. The molecule has 126 valence electrons. The van der Waals surface area contributed by atoms with Gasteiger partial charge >= 0.3 is 5.69 Å². The minimum absolute atomic E-state index is 0.155. The van der Waals surface area contributed by atoms with Crippen LogP contribution in [0, 0.1) is 15.9 Å². The Morgan fingerprint density at radius 3 is 2.54 bits per heavy atom. The number of benzene rings is 2. The maximum atomic E-state index is 13.3. The quantitative estimate of drug-likeness (QED) is 0.484. The van der Waals surface area contributed by atoms with E-state index in [2.05, 4.69) is 10.6 Å². The largest absolute Gasteiger partial charge is 0.497 e. The van der Waals surface area contributed by atoms with Crippen molar-refractivity contribution in [3.05, 3.63) is 52.3 Å². The van der Waals surface area contributed by atoms with Crippen LogP contribution in [0.25, 0.3) is 0 Å². The summed E-state index contributed by atoms with van der Waals surface area (Å²) in [5.41, 5.74) is 0.190. The average molecular weight is 351 g/mol. The molecular formula is C15H14FN3O4S. The summed E-state index contributed by atoms with van der Waals surface area (Å²) in [7, 11) is 3.03. The number of methoxy groups -OCH3 is 2. The average Bonchev–Trinajstić information content (AvgIpc) is 2.56. The zero-order valence-corrected chi connectivity index (χ0v) is 13.6. The van der Waals surface area contributed by atoms with Gasteiger partial charge in [0.2, 0.25) is 5.82 Å². The Morgan fingerprint density at radius 1 is 1.17 bits per heavy atom. The number of nitro groups is 1. The van der Waals surface area contributed by atoms with Crippen LogP contribution in [0.1, 0.15) is 0 Å². The van der Waals surface area contributed by atoms with Crippen molar-refractivity contribution in [1.82, 2.24) is 0 Å². The molecule has 2 aromatic rings. The van der Waals surface area contributed by atoms with E-state index in [1.54, 1.807) is 18.2 Å². The van der Waals surface area contributed by atoms with Gasteiger partial charge in [-0.15, -0.1) is 0 Å².